The Morgan fingerprint density at radius 2 is 2.41 bits per heavy atom. The normalized spacial score (nSPS) is 19.5. The lowest BCUT2D eigenvalue weighted by Crippen LogP contribution is -2.07. The Balaban J connectivity index is 2.00. The summed E-state index contributed by atoms with van der Waals surface area (Å²) in [5.74, 6) is -0.0165. The molecule has 3 nitrogen and oxygen atoms in total. The molecule has 2 rings (SSSR count). The van der Waals surface area contributed by atoms with Crippen LogP contribution in [0.5, 0.6) is 0 Å². The van der Waals surface area contributed by atoms with Crippen molar-refractivity contribution in [2.24, 2.45) is 0 Å². The second-order valence-corrected chi connectivity index (χ2v) is 5.84. The molecule has 0 bridgehead atoms. The van der Waals surface area contributed by atoms with Gasteiger partial charge < -0.3 is 9.84 Å². The molecule has 17 heavy (non-hydrogen) atoms. The number of halogens is 1. The quantitative estimate of drug-likeness (QED) is 0.865. The molecule has 1 aromatic carbocycles. The molecule has 0 aliphatic carbocycles. The zero-order chi connectivity index (χ0) is 12.3. The van der Waals surface area contributed by atoms with E-state index in [-0.39, 0.29) is 0 Å². The maximum absolute atomic E-state index is 11.0. The van der Waals surface area contributed by atoms with Crippen molar-refractivity contribution in [2.45, 2.75) is 23.8 Å². The predicted molar refractivity (Wildman–Crippen MR) is 70.8 cm³/mol. The van der Waals surface area contributed by atoms with Crippen molar-refractivity contribution >= 4 is 33.7 Å². The molecule has 5 heteroatoms. The Bertz CT molecular complexity index is 416. The lowest BCUT2D eigenvalue weighted by Gasteiger charge is -2.09. The van der Waals surface area contributed by atoms with Crippen LogP contribution in [-0.2, 0) is 4.74 Å². The first-order valence-electron chi connectivity index (χ1n) is 5.44. The monoisotopic (exact) mass is 316 g/mol. The van der Waals surface area contributed by atoms with Crippen LogP contribution in [0.3, 0.4) is 0 Å². The van der Waals surface area contributed by atoms with E-state index in [4.69, 9.17) is 9.84 Å². The van der Waals surface area contributed by atoms with E-state index < -0.39 is 5.97 Å². The number of thioether (sulfide) groups is 1. The van der Waals surface area contributed by atoms with Gasteiger partial charge in [-0.25, -0.2) is 4.79 Å². The van der Waals surface area contributed by atoms with Crippen LogP contribution in [0.4, 0.5) is 0 Å². The SMILES string of the molecule is O=C(O)c1cc(SCC2CCCO2)ccc1Br. The number of carbonyl (C=O) groups is 1. The van der Waals surface area contributed by atoms with Gasteiger partial charge in [0, 0.05) is 21.7 Å². The Morgan fingerprint density at radius 1 is 1.59 bits per heavy atom. The molecular weight excluding hydrogens is 304 g/mol. The third-order valence-electron chi connectivity index (χ3n) is 2.63. The number of hydrogen-bond acceptors (Lipinski definition) is 3. The first-order valence-corrected chi connectivity index (χ1v) is 7.22. The van der Waals surface area contributed by atoms with Gasteiger partial charge in [0.05, 0.1) is 11.7 Å². The fraction of sp³-hybridized carbons (Fsp3) is 0.417. The molecule has 1 atom stereocenters. The molecule has 1 unspecified atom stereocenters. The second-order valence-electron chi connectivity index (χ2n) is 3.89. The molecule has 1 fully saturated rings. The Morgan fingerprint density at radius 3 is 3.06 bits per heavy atom. The Kier molecular flexibility index (Phi) is 4.48. The zero-order valence-electron chi connectivity index (χ0n) is 9.19. The number of carboxylic acid groups (broad SMARTS) is 1. The van der Waals surface area contributed by atoms with Gasteiger partial charge >= 0.3 is 5.97 Å². The molecule has 1 aliphatic heterocycles. The predicted octanol–water partition coefficient (Wildman–Crippen LogP) is 3.42. The highest BCUT2D eigenvalue weighted by Gasteiger charge is 2.16. The summed E-state index contributed by atoms with van der Waals surface area (Å²) in [6, 6.07) is 5.41. The summed E-state index contributed by atoms with van der Waals surface area (Å²) < 4.78 is 6.15. The lowest BCUT2D eigenvalue weighted by atomic mass is 10.2. The van der Waals surface area contributed by atoms with Crippen LogP contribution in [0.25, 0.3) is 0 Å². The van der Waals surface area contributed by atoms with Gasteiger partial charge in [0.25, 0.3) is 0 Å². The van der Waals surface area contributed by atoms with Crippen molar-refractivity contribution in [1.29, 1.82) is 0 Å². The van der Waals surface area contributed by atoms with Crippen LogP contribution in [0.1, 0.15) is 23.2 Å². The number of aromatic carboxylic acids is 1. The second kappa shape index (κ2) is 5.89. The molecule has 92 valence electrons. The maximum Gasteiger partial charge on any atom is 0.336 e. The van der Waals surface area contributed by atoms with Crippen LogP contribution in [0.15, 0.2) is 27.6 Å². The Hall–Kier alpha value is -0.520. The molecule has 0 aromatic heterocycles. The smallest absolute Gasteiger partial charge is 0.336 e. The number of carboxylic acids is 1. The van der Waals surface area contributed by atoms with Gasteiger partial charge in [-0.1, -0.05) is 0 Å². The molecule has 0 amide bonds. The van der Waals surface area contributed by atoms with E-state index >= 15 is 0 Å². The minimum Gasteiger partial charge on any atom is -0.478 e. The first kappa shape index (κ1) is 12.9. The number of rotatable bonds is 4. The van der Waals surface area contributed by atoms with Gasteiger partial charge in [-0.2, -0.15) is 0 Å². The van der Waals surface area contributed by atoms with Crippen LogP contribution < -0.4 is 0 Å². The van der Waals surface area contributed by atoms with Crippen LogP contribution >= 0.6 is 27.7 Å². The molecule has 1 aromatic rings. The molecular formula is C12H13BrO3S. The molecule has 0 spiro atoms. The number of benzene rings is 1. The molecule has 1 saturated heterocycles. The summed E-state index contributed by atoms with van der Waals surface area (Å²) in [7, 11) is 0. The first-order chi connectivity index (χ1) is 8.16. The summed E-state index contributed by atoms with van der Waals surface area (Å²) >= 11 is 4.88. The van der Waals surface area contributed by atoms with Crippen molar-refractivity contribution in [2.75, 3.05) is 12.4 Å². The molecule has 1 aliphatic rings. The highest BCUT2D eigenvalue weighted by Crippen LogP contribution is 2.27. The fourth-order valence-corrected chi connectivity index (χ4v) is 3.15. The van der Waals surface area contributed by atoms with Gasteiger partial charge in [0.15, 0.2) is 0 Å². The van der Waals surface area contributed by atoms with E-state index in [0.29, 0.717) is 16.1 Å². The minimum atomic E-state index is -0.906. The summed E-state index contributed by atoms with van der Waals surface area (Å²) in [5, 5.41) is 9.01. The van der Waals surface area contributed by atoms with E-state index in [1.54, 1.807) is 23.9 Å². The number of hydrogen-bond donors (Lipinski definition) is 1. The van der Waals surface area contributed by atoms with Crippen molar-refractivity contribution in [3.05, 3.63) is 28.2 Å². The summed E-state index contributed by atoms with van der Waals surface area (Å²) in [5.41, 5.74) is 0.308. The zero-order valence-corrected chi connectivity index (χ0v) is 11.6. The van der Waals surface area contributed by atoms with Crippen molar-refractivity contribution in [3.63, 3.8) is 0 Å². The largest absolute Gasteiger partial charge is 0.478 e. The third-order valence-corrected chi connectivity index (χ3v) is 4.45. The van der Waals surface area contributed by atoms with Gasteiger partial charge in [-0.15, -0.1) is 11.8 Å². The van der Waals surface area contributed by atoms with E-state index in [2.05, 4.69) is 15.9 Å². The average Bonchev–Trinajstić information content (AvgIpc) is 2.80. The van der Waals surface area contributed by atoms with E-state index in [1.165, 1.54) is 0 Å². The van der Waals surface area contributed by atoms with Gasteiger partial charge in [0.2, 0.25) is 0 Å². The molecule has 1 N–H and O–H groups in total. The summed E-state index contributed by atoms with van der Waals surface area (Å²) in [6.07, 6.45) is 2.55. The van der Waals surface area contributed by atoms with E-state index in [9.17, 15) is 4.79 Å². The maximum atomic E-state index is 11.0. The topological polar surface area (TPSA) is 46.5 Å². The molecule has 0 saturated carbocycles. The highest BCUT2D eigenvalue weighted by atomic mass is 79.9. The van der Waals surface area contributed by atoms with Crippen molar-refractivity contribution in [1.82, 2.24) is 0 Å². The minimum absolute atomic E-state index is 0.308. The summed E-state index contributed by atoms with van der Waals surface area (Å²) in [4.78, 5) is 11.9. The number of ether oxygens (including phenoxy) is 1. The fourth-order valence-electron chi connectivity index (χ4n) is 1.72. The van der Waals surface area contributed by atoms with Crippen LogP contribution in [-0.4, -0.2) is 29.5 Å². The van der Waals surface area contributed by atoms with Crippen molar-refractivity contribution < 1.29 is 14.6 Å². The van der Waals surface area contributed by atoms with Gasteiger partial charge in [-0.05, 0) is 47.0 Å². The van der Waals surface area contributed by atoms with E-state index in [0.717, 1.165) is 30.1 Å². The van der Waals surface area contributed by atoms with Crippen LogP contribution in [0, 0.1) is 0 Å². The molecule has 0 radical (unpaired) electrons. The lowest BCUT2D eigenvalue weighted by molar-refractivity contribution is 0.0695. The van der Waals surface area contributed by atoms with Gasteiger partial charge in [-0.3, -0.25) is 0 Å². The summed E-state index contributed by atoms with van der Waals surface area (Å²) in [6.45, 7) is 0.853. The molecule has 1 heterocycles. The van der Waals surface area contributed by atoms with E-state index in [1.807, 2.05) is 6.07 Å². The van der Waals surface area contributed by atoms with Crippen LogP contribution in [0.2, 0.25) is 0 Å². The Labute approximate surface area is 113 Å². The van der Waals surface area contributed by atoms with Crippen molar-refractivity contribution in [3.8, 4) is 0 Å². The standard InChI is InChI=1S/C12H13BrO3S/c13-11-4-3-9(6-10(11)12(14)15)17-7-8-2-1-5-16-8/h3-4,6,8H,1-2,5,7H2,(H,14,15). The average molecular weight is 317 g/mol. The highest BCUT2D eigenvalue weighted by molar-refractivity contribution is 9.10. The van der Waals surface area contributed by atoms with Gasteiger partial charge in [0.1, 0.15) is 0 Å². The third kappa shape index (κ3) is 3.47.